The molecule has 5 nitrogen and oxygen atoms in total. The molecule has 294 valence electrons. The minimum Gasteiger partial charge on any atom is -0.457 e. The highest BCUT2D eigenvalue weighted by Gasteiger charge is 2.41. The van der Waals surface area contributed by atoms with Crippen LogP contribution in [0.4, 0.5) is 22.7 Å². The summed E-state index contributed by atoms with van der Waals surface area (Å²) in [7, 11) is 0. The number of pyridine rings is 1. The van der Waals surface area contributed by atoms with Gasteiger partial charge in [0.2, 0.25) is 11.4 Å². The van der Waals surface area contributed by atoms with Crippen molar-refractivity contribution in [1.82, 2.24) is 18.7 Å². The van der Waals surface area contributed by atoms with Gasteiger partial charge in [0.15, 0.2) is 0 Å². The van der Waals surface area contributed by atoms with Crippen LogP contribution < -0.4 is 13.9 Å². The number of rotatable bonds is 8. The van der Waals surface area contributed by atoms with Gasteiger partial charge in [0.05, 0.1) is 33.6 Å². The van der Waals surface area contributed by atoms with Gasteiger partial charge in [-0.05, 0) is 97.5 Å². The highest BCUT2D eigenvalue weighted by Crippen LogP contribution is 2.49. The lowest BCUT2D eigenvalue weighted by Gasteiger charge is -2.14. The van der Waals surface area contributed by atoms with Crippen LogP contribution in [-0.2, 0) is 0 Å². The molecule has 63 heavy (non-hydrogen) atoms. The maximum Gasteiger partial charge on any atom is 0.503 e. The van der Waals surface area contributed by atoms with Crippen molar-refractivity contribution in [2.24, 2.45) is 0 Å². The van der Waals surface area contributed by atoms with Gasteiger partial charge in [0.25, 0.3) is 5.69 Å². The molecule has 1 aliphatic rings. The van der Waals surface area contributed by atoms with Gasteiger partial charge in [-0.15, -0.1) is 0 Å². The third-order valence-electron chi connectivity index (χ3n) is 12.0. The molecule has 0 spiro atoms. The summed E-state index contributed by atoms with van der Waals surface area (Å²) in [5.41, 5.74) is 13.0. The van der Waals surface area contributed by atoms with Crippen LogP contribution in [0.5, 0.6) is 11.5 Å². The van der Waals surface area contributed by atoms with E-state index in [1.165, 1.54) is 5.39 Å². The van der Waals surface area contributed by atoms with Crippen LogP contribution in [0, 0.1) is 0 Å². The van der Waals surface area contributed by atoms with Gasteiger partial charge in [-0.25, -0.2) is 4.98 Å². The Morgan fingerprint density at radius 3 is 1.78 bits per heavy atom. The van der Waals surface area contributed by atoms with Crippen LogP contribution in [0.1, 0.15) is 0 Å². The fourth-order valence-corrected chi connectivity index (χ4v) is 9.14. The van der Waals surface area contributed by atoms with Gasteiger partial charge < -0.3 is 4.74 Å². The van der Waals surface area contributed by atoms with Crippen molar-refractivity contribution in [3.05, 3.63) is 231 Å². The summed E-state index contributed by atoms with van der Waals surface area (Å²) >= 11 is 0. The van der Waals surface area contributed by atoms with E-state index in [0.717, 1.165) is 101 Å². The molecule has 0 saturated heterocycles. The summed E-state index contributed by atoms with van der Waals surface area (Å²) in [5, 5.41) is 4.61. The molecule has 0 N–H and O–H groups in total. The second-order valence-corrected chi connectivity index (χ2v) is 15.8. The number of fused-ring (bicyclic) bond motifs is 6. The average molecular weight is 807 g/mol. The molecule has 11 aromatic rings. The second kappa shape index (κ2) is 15.1. The van der Waals surface area contributed by atoms with Crippen LogP contribution in [-0.4, -0.2) is 15.6 Å². The lowest BCUT2D eigenvalue weighted by molar-refractivity contribution is 0.483. The van der Waals surface area contributed by atoms with E-state index in [0.29, 0.717) is 0 Å². The number of aromatic nitrogens is 2. The minimum absolute atomic E-state index is 0.720. The van der Waals surface area contributed by atoms with Crippen LogP contribution in [0.2, 0.25) is 0 Å². The Hall–Kier alpha value is -8.63. The quantitative estimate of drug-likeness (QED) is 0.143. The first-order chi connectivity index (χ1) is 31.2. The third-order valence-corrected chi connectivity index (χ3v) is 12.0. The van der Waals surface area contributed by atoms with Crippen LogP contribution in [0.3, 0.4) is 0 Å². The predicted octanol–water partition coefficient (Wildman–Crippen LogP) is 15.0. The zero-order valence-corrected chi connectivity index (χ0v) is 34.1. The van der Waals surface area contributed by atoms with E-state index in [1.54, 1.807) is 0 Å². The van der Waals surface area contributed by atoms with E-state index in [2.05, 4.69) is 220 Å². The van der Waals surface area contributed by atoms with Gasteiger partial charge in [-0.1, -0.05) is 140 Å². The summed E-state index contributed by atoms with van der Waals surface area (Å²) in [5.74, 6) is 2.32. The molecule has 0 fully saturated rings. The SMILES string of the molecule is C1=[N+](c2cccc(Oc3ccc4c5ccccc5n(-c5ccccn5)c4c3)c2)c2ccc3ccccc3c2[N+]=1c1c(-c2ccccc2)cc(-c2ccccc2)cc1-c1ccccc1. The van der Waals surface area contributed by atoms with Crippen molar-refractivity contribution in [3.8, 4) is 50.7 Å². The second-order valence-electron chi connectivity index (χ2n) is 15.8. The Balaban J connectivity index is 1.06. The van der Waals surface area contributed by atoms with E-state index < -0.39 is 0 Å². The van der Waals surface area contributed by atoms with Gasteiger partial charge >= 0.3 is 11.7 Å². The Labute approximate surface area is 364 Å². The van der Waals surface area contributed by atoms with Crippen molar-refractivity contribution in [2.75, 3.05) is 0 Å². The van der Waals surface area contributed by atoms with Gasteiger partial charge in [-0.3, -0.25) is 4.57 Å². The zero-order chi connectivity index (χ0) is 41.7. The highest BCUT2D eigenvalue weighted by atomic mass is 16.5. The molecule has 12 rings (SSSR count). The van der Waals surface area contributed by atoms with Crippen LogP contribution in [0.15, 0.2) is 231 Å². The lowest BCUT2D eigenvalue weighted by Crippen LogP contribution is -2.05. The normalized spacial score (nSPS) is 12.1. The van der Waals surface area contributed by atoms with E-state index >= 15 is 0 Å². The van der Waals surface area contributed by atoms with Crippen molar-refractivity contribution in [3.63, 3.8) is 0 Å². The molecule has 0 radical (unpaired) electrons. The lowest BCUT2D eigenvalue weighted by atomic mass is 9.90. The number of hydrogen-bond donors (Lipinski definition) is 0. The summed E-state index contributed by atoms with van der Waals surface area (Å²) in [6.45, 7) is 0. The zero-order valence-electron chi connectivity index (χ0n) is 34.1. The molecule has 2 aromatic heterocycles. The summed E-state index contributed by atoms with van der Waals surface area (Å²) in [4.78, 5) is 4.73. The Morgan fingerprint density at radius 2 is 1.05 bits per heavy atom. The van der Waals surface area contributed by atoms with Gasteiger partial charge in [0, 0.05) is 35.2 Å². The number of benzene rings is 9. The summed E-state index contributed by atoms with van der Waals surface area (Å²) in [6.07, 6.45) is 1.83. The number of para-hydroxylation sites is 1. The average Bonchev–Trinajstić information content (AvgIpc) is 3.91. The largest absolute Gasteiger partial charge is 0.503 e. The first kappa shape index (κ1) is 36.2. The molecule has 0 aliphatic carbocycles. The van der Waals surface area contributed by atoms with Gasteiger partial charge in [0.1, 0.15) is 17.3 Å². The first-order valence-electron chi connectivity index (χ1n) is 21.2. The van der Waals surface area contributed by atoms with Gasteiger partial charge in [-0.2, -0.15) is 0 Å². The molecule has 0 atom stereocenters. The minimum atomic E-state index is 0.720. The van der Waals surface area contributed by atoms with Crippen molar-refractivity contribution >= 4 is 61.3 Å². The highest BCUT2D eigenvalue weighted by molar-refractivity contribution is 6.10. The molecule has 1 aliphatic heterocycles. The summed E-state index contributed by atoms with van der Waals surface area (Å²) < 4.78 is 13.4. The Bertz CT molecular complexity index is 3550. The molecule has 0 unspecified atom stereocenters. The van der Waals surface area contributed by atoms with E-state index in [4.69, 9.17) is 9.72 Å². The maximum absolute atomic E-state index is 6.75. The molecule has 0 saturated carbocycles. The summed E-state index contributed by atoms with van der Waals surface area (Å²) in [6, 6.07) is 82.8. The third kappa shape index (κ3) is 6.31. The molecule has 0 amide bonds. The maximum atomic E-state index is 6.75. The molecule has 3 heterocycles. The molecule has 9 aromatic carbocycles. The van der Waals surface area contributed by atoms with E-state index in [-0.39, 0.29) is 0 Å². The molecule has 5 heteroatoms. The number of ether oxygens (including phenoxy) is 1. The predicted molar refractivity (Wildman–Crippen MR) is 260 cm³/mol. The van der Waals surface area contributed by atoms with Crippen molar-refractivity contribution in [1.29, 1.82) is 0 Å². The fourth-order valence-electron chi connectivity index (χ4n) is 9.14. The standard InChI is InChI=1S/C58H38N4O/c1-4-17-40(18-5-1)44-35-51(41-19-6-2-7-20-41)57(52(36-44)42-21-8-3-9-22-42)61-39-60(54-33-30-43-23-10-11-26-48(43)58(54)61)45-24-16-25-46(37-45)63-47-31-32-50-49-27-12-13-28-53(49)62(55(50)38-47)56-29-14-15-34-59-56/h1-38H/q+2. The monoisotopic (exact) mass is 806 g/mol. The van der Waals surface area contributed by atoms with Crippen molar-refractivity contribution < 1.29 is 4.74 Å². The molecule has 0 bridgehead atoms. The van der Waals surface area contributed by atoms with Crippen molar-refractivity contribution in [2.45, 2.75) is 0 Å². The smallest absolute Gasteiger partial charge is 0.457 e. The molecular weight excluding hydrogens is 769 g/mol. The first-order valence-corrected chi connectivity index (χ1v) is 21.2. The number of hydrogen-bond acceptors (Lipinski definition) is 2. The Kier molecular flexibility index (Phi) is 8.70. The Morgan fingerprint density at radius 1 is 0.413 bits per heavy atom. The van der Waals surface area contributed by atoms with Crippen LogP contribution in [0.25, 0.3) is 71.8 Å². The fraction of sp³-hybridized carbons (Fsp3) is 0. The van der Waals surface area contributed by atoms with Crippen LogP contribution >= 0.6 is 0 Å². The van der Waals surface area contributed by atoms with E-state index in [9.17, 15) is 0 Å². The number of nitrogens with zero attached hydrogens (tertiary/aromatic N) is 4. The molecular formula is C58H38N4O+2. The van der Waals surface area contributed by atoms with E-state index in [1.807, 2.05) is 30.5 Å². The topological polar surface area (TPSA) is 33.1 Å².